The van der Waals surface area contributed by atoms with E-state index in [0.717, 1.165) is 16.9 Å². The molecule has 0 saturated heterocycles. The van der Waals surface area contributed by atoms with Crippen LogP contribution in [0.3, 0.4) is 0 Å². The van der Waals surface area contributed by atoms with Crippen LogP contribution in [0.2, 0.25) is 0 Å². The summed E-state index contributed by atoms with van der Waals surface area (Å²) in [6.45, 7) is 1.75. The van der Waals surface area contributed by atoms with E-state index < -0.39 is 16.0 Å². The largest absolute Gasteiger partial charge is 0.491 e. The molecule has 0 spiro atoms. The molecule has 0 amide bonds. The molecule has 8 nitrogen and oxygen atoms in total. The molecular formula is C17H18N2O6S3. The van der Waals surface area contributed by atoms with E-state index >= 15 is 0 Å². The Bertz CT molecular complexity index is 989. The number of aliphatic carboxylic acids is 1. The molecule has 0 fully saturated rings. The van der Waals surface area contributed by atoms with Crippen molar-refractivity contribution in [3.05, 3.63) is 35.2 Å². The van der Waals surface area contributed by atoms with Gasteiger partial charge in [0, 0.05) is 18.2 Å². The molecule has 0 saturated carbocycles. The molecular weight excluding hydrogens is 424 g/mol. The standard InChI is InChI=1S/C17H18N2O6S3/c1-10-7-11-8-13(19-28(22,23)16-3-2-6-27-16)14(24-5-4-15(20)21)9-12(11)18-17(26)25-10/h2-3,6,8-10,19H,4-5,7H2,1H3,(H,18,26)(H,20,21). The molecule has 1 aliphatic heterocycles. The number of anilines is 2. The van der Waals surface area contributed by atoms with E-state index in [-0.39, 0.29) is 40.0 Å². The maximum Gasteiger partial charge on any atom is 0.306 e. The highest BCUT2D eigenvalue weighted by molar-refractivity contribution is 7.94. The number of thiocarbonyl (C=S) groups is 1. The molecule has 0 radical (unpaired) electrons. The van der Waals surface area contributed by atoms with Crippen LogP contribution in [0.25, 0.3) is 0 Å². The monoisotopic (exact) mass is 442 g/mol. The number of rotatable bonds is 7. The molecule has 1 aliphatic rings. The van der Waals surface area contributed by atoms with Crippen molar-refractivity contribution in [2.24, 2.45) is 0 Å². The van der Waals surface area contributed by atoms with Crippen LogP contribution in [0, 0.1) is 0 Å². The third-order valence-electron chi connectivity index (χ3n) is 3.84. The minimum Gasteiger partial charge on any atom is -0.491 e. The topological polar surface area (TPSA) is 114 Å². The van der Waals surface area contributed by atoms with Gasteiger partial charge in [0.05, 0.1) is 18.7 Å². The summed E-state index contributed by atoms with van der Waals surface area (Å²) < 4.78 is 39.0. The maximum atomic E-state index is 12.6. The van der Waals surface area contributed by atoms with Crippen molar-refractivity contribution in [1.82, 2.24) is 0 Å². The number of ether oxygens (including phenoxy) is 2. The lowest BCUT2D eigenvalue weighted by molar-refractivity contribution is -0.137. The number of hydrogen-bond acceptors (Lipinski definition) is 7. The Kier molecular flexibility index (Phi) is 6.06. The molecule has 11 heteroatoms. The first-order valence-electron chi connectivity index (χ1n) is 8.30. The summed E-state index contributed by atoms with van der Waals surface area (Å²) in [7, 11) is -3.80. The van der Waals surface area contributed by atoms with E-state index in [9.17, 15) is 13.2 Å². The predicted octanol–water partition coefficient (Wildman–Crippen LogP) is 3.06. The van der Waals surface area contributed by atoms with Crippen molar-refractivity contribution >= 4 is 56.1 Å². The maximum absolute atomic E-state index is 12.6. The highest BCUT2D eigenvalue weighted by Crippen LogP contribution is 2.36. The van der Waals surface area contributed by atoms with Crippen LogP contribution in [0.5, 0.6) is 5.75 Å². The van der Waals surface area contributed by atoms with Gasteiger partial charge in [-0.3, -0.25) is 9.52 Å². The van der Waals surface area contributed by atoms with Crippen LogP contribution in [-0.4, -0.2) is 37.4 Å². The van der Waals surface area contributed by atoms with Crippen molar-refractivity contribution in [3.8, 4) is 5.75 Å². The molecule has 3 N–H and O–H groups in total. The van der Waals surface area contributed by atoms with Crippen molar-refractivity contribution < 1.29 is 27.8 Å². The number of nitrogens with one attached hydrogen (secondary N) is 2. The average Bonchev–Trinajstić information content (AvgIpc) is 3.08. The van der Waals surface area contributed by atoms with Crippen LogP contribution >= 0.6 is 23.6 Å². The van der Waals surface area contributed by atoms with E-state index in [1.54, 1.807) is 23.6 Å². The fourth-order valence-electron chi connectivity index (χ4n) is 2.64. The third kappa shape index (κ3) is 4.91. The zero-order valence-electron chi connectivity index (χ0n) is 14.8. The van der Waals surface area contributed by atoms with E-state index in [2.05, 4.69) is 10.0 Å². The molecule has 150 valence electrons. The van der Waals surface area contributed by atoms with Gasteiger partial charge in [0.2, 0.25) is 0 Å². The molecule has 0 bridgehead atoms. The number of carbonyl (C=O) groups is 1. The van der Waals surface area contributed by atoms with Gasteiger partial charge in [-0.15, -0.1) is 11.3 Å². The molecule has 1 aromatic carbocycles. The minimum absolute atomic E-state index is 0.112. The summed E-state index contributed by atoms with van der Waals surface area (Å²) in [5, 5.41) is 13.6. The van der Waals surface area contributed by atoms with Gasteiger partial charge in [-0.25, -0.2) is 8.42 Å². The van der Waals surface area contributed by atoms with Crippen LogP contribution in [0.4, 0.5) is 11.4 Å². The Hall–Kier alpha value is -2.37. The lowest BCUT2D eigenvalue weighted by atomic mass is 10.1. The van der Waals surface area contributed by atoms with E-state index in [4.69, 9.17) is 26.8 Å². The van der Waals surface area contributed by atoms with Crippen molar-refractivity contribution in [1.29, 1.82) is 0 Å². The number of benzene rings is 1. The van der Waals surface area contributed by atoms with Crippen LogP contribution in [0.15, 0.2) is 33.9 Å². The van der Waals surface area contributed by atoms with Gasteiger partial charge in [-0.05, 0) is 42.2 Å². The molecule has 0 aliphatic carbocycles. The van der Waals surface area contributed by atoms with Gasteiger partial charge in [-0.1, -0.05) is 6.07 Å². The second-order valence-corrected chi connectivity index (χ2v) is 9.31. The Morgan fingerprint density at radius 2 is 2.29 bits per heavy atom. The molecule has 1 atom stereocenters. The number of thiophene rings is 1. The highest BCUT2D eigenvalue weighted by Gasteiger charge is 2.23. The lowest BCUT2D eigenvalue weighted by Gasteiger charge is -2.17. The number of carboxylic acids is 1. The minimum atomic E-state index is -3.80. The molecule has 28 heavy (non-hydrogen) atoms. The summed E-state index contributed by atoms with van der Waals surface area (Å²) in [5.74, 6) is -0.818. The lowest BCUT2D eigenvalue weighted by Crippen LogP contribution is -2.16. The molecule has 2 heterocycles. The molecule has 1 unspecified atom stereocenters. The summed E-state index contributed by atoms with van der Waals surface area (Å²) >= 11 is 6.21. The van der Waals surface area contributed by atoms with Crippen LogP contribution < -0.4 is 14.8 Å². The zero-order valence-corrected chi connectivity index (χ0v) is 17.2. The first kappa shape index (κ1) is 20.4. The summed E-state index contributed by atoms with van der Waals surface area (Å²) in [6, 6.07) is 6.39. The van der Waals surface area contributed by atoms with E-state index in [1.807, 2.05) is 6.92 Å². The zero-order chi connectivity index (χ0) is 20.3. The Morgan fingerprint density at radius 1 is 1.50 bits per heavy atom. The summed E-state index contributed by atoms with van der Waals surface area (Å²) in [5.41, 5.74) is 1.64. The van der Waals surface area contributed by atoms with Gasteiger partial charge in [0.25, 0.3) is 15.2 Å². The van der Waals surface area contributed by atoms with Gasteiger partial charge in [0.1, 0.15) is 16.1 Å². The number of fused-ring (bicyclic) bond motifs is 1. The summed E-state index contributed by atoms with van der Waals surface area (Å²) in [4.78, 5) is 10.8. The molecule has 3 rings (SSSR count). The Morgan fingerprint density at radius 3 is 2.96 bits per heavy atom. The predicted molar refractivity (Wildman–Crippen MR) is 110 cm³/mol. The number of hydrogen-bond donors (Lipinski definition) is 3. The van der Waals surface area contributed by atoms with Crippen LogP contribution in [0.1, 0.15) is 18.9 Å². The Balaban J connectivity index is 1.98. The normalized spacial score (nSPS) is 16.3. The quantitative estimate of drug-likeness (QED) is 0.561. The van der Waals surface area contributed by atoms with Crippen LogP contribution in [-0.2, 0) is 26.0 Å². The molecule has 1 aromatic heterocycles. The Labute approximate surface area is 171 Å². The van der Waals surface area contributed by atoms with E-state index in [0.29, 0.717) is 12.1 Å². The number of sulfonamides is 1. The summed E-state index contributed by atoms with van der Waals surface area (Å²) in [6.07, 6.45) is 0.0907. The number of carboxylic acid groups (broad SMARTS) is 1. The SMILES string of the molecule is CC1Cc2cc(NS(=O)(=O)c3cccs3)c(OCCC(=O)O)cc2NC(=S)O1. The second-order valence-electron chi connectivity index (χ2n) is 6.08. The first-order valence-corrected chi connectivity index (χ1v) is 11.1. The smallest absolute Gasteiger partial charge is 0.306 e. The average molecular weight is 443 g/mol. The third-order valence-corrected chi connectivity index (χ3v) is 6.80. The van der Waals surface area contributed by atoms with Crippen molar-refractivity contribution in [2.45, 2.75) is 30.1 Å². The fraction of sp³-hybridized carbons (Fsp3) is 0.294. The molecule has 2 aromatic rings. The first-order chi connectivity index (χ1) is 13.2. The van der Waals surface area contributed by atoms with E-state index in [1.165, 1.54) is 6.07 Å². The van der Waals surface area contributed by atoms with Crippen molar-refractivity contribution in [3.63, 3.8) is 0 Å². The van der Waals surface area contributed by atoms with Gasteiger partial charge in [-0.2, -0.15) is 0 Å². The fourth-order valence-corrected chi connectivity index (χ4v) is 4.97. The second kappa shape index (κ2) is 8.33. The van der Waals surface area contributed by atoms with Crippen molar-refractivity contribution in [2.75, 3.05) is 16.6 Å². The van der Waals surface area contributed by atoms with Gasteiger partial charge in [0.15, 0.2) is 0 Å². The van der Waals surface area contributed by atoms with Gasteiger partial charge >= 0.3 is 5.97 Å². The highest BCUT2D eigenvalue weighted by atomic mass is 32.2. The van der Waals surface area contributed by atoms with Gasteiger partial charge < -0.3 is 19.9 Å².